The molecule has 1 aliphatic heterocycles. The molecular formula is C19H29F3N4O. The lowest BCUT2D eigenvalue weighted by atomic mass is 9.90. The molecule has 1 heterocycles. The molecule has 0 aromatic heterocycles. The highest BCUT2D eigenvalue weighted by atomic mass is 19.4. The lowest BCUT2D eigenvalue weighted by Crippen LogP contribution is -2.45. The molecule has 0 aliphatic carbocycles. The van der Waals surface area contributed by atoms with Gasteiger partial charge in [0.25, 0.3) is 0 Å². The molecule has 2 N–H and O–H groups in total. The van der Waals surface area contributed by atoms with Crippen LogP contribution in [0.5, 0.6) is 5.75 Å². The van der Waals surface area contributed by atoms with Crippen molar-refractivity contribution in [3.8, 4) is 5.75 Å². The quantitative estimate of drug-likeness (QED) is 0.582. The second-order valence-corrected chi connectivity index (χ2v) is 7.41. The molecular weight excluding hydrogens is 357 g/mol. The van der Waals surface area contributed by atoms with Gasteiger partial charge >= 0.3 is 6.18 Å². The number of nitrogens with one attached hydrogen (secondary N) is 2. The zero-order chi connectivity index (χ0) is 20.1. The van der Waals surface area contributed by atoms with Crippen molar-refractivity contribution >= 4 is 5.96 Å². The van der Waals surface area contributed by atoms with E-state index in [1.807, 2.05) is 45.0 Å². The standard InChI is InChI=1S/C19H29F3N4O/c1-5-23-17(24-10-11-26(4)13-19(20,21)22)25-15-12-18(2,3)27-16-9-7-6-8-14(15)16/h6-9,15H,5,10-13H2,1-4H3,(H2,23,24,25). The third-order valence-corrected chi connectivity index (χ3v) is 4.23. The molecule has 2 rings (SSSR count). The molecule has 1 aromatic rings. The van der Waals surface area contributed by atoms with Gasteiger partial charge in [-0.1, -0.05) is 18.2 Å². The first-order chi connectivity index (χ1) is 12.6. The minimum Gasteiger partial charge on any atom is -0.487 e. The normalized spacial score (nSPS) is 19.4. The highest BCUT2D eigenvalue weighted by Crippen LogP contribution is 2.39. The van der Waals surface area contributed by atoms with Gasteiger partial charge in [-0.2, -0.15) is 13.2 Å². The van der Waals surface area contributed by atoms with E-state index in [-0.39, 0.29) is 24.7 Å². The van der Waals surface area contributed by atoms with Gasteiger partial charge in [0.2, 0.25) is 0 Å². The van der Waals surface area contributed by atoms with Gasteiger partial charge in [-0.05, 0) is 33.9 Å². The summed E-state index contributed by atoms with van der Waals surface area (Å²) in [7, 11) is 1.45. The average Bonchev–Trinajstić information content (AvgIpc) is 2.52. The Bertz CT molecular complexity index is 646. The predicted octanol–water partition coefficient (Wildman–Crippen LogP) is 3.34. The van der Waals surface area contributed by atoms with E-state index in [4.69, 9.17) is 4.74 Å². The molecule has 0 spiro atoms. The van der Waals surface area contributed by atoms with E-state index in [9.17, 15) is 13.2 Å². The number of likely N-dealkylation sites (N-methyl/N-ethyl adjacent to an activating group) is 1. The second-order valence-electron chi connectivity index (χ2n) is 7.41. The summed E-state index contributed by atoms with van der Waals surface area (Å²) in [4.78, 5) is 5.66. The molecule has 1 aliphatic rings. The number of halogens is 3. The van der Waals surface area contributed by atoms with Crippen LogP contribution in [0.4, 0.5) is 13.2 Å². The highest BCUT2D eigenvalue weighted by molar-refractivity contribution is 5.80. The number of benzene rings is 1. The fraction of sp³-hybridized carbons (Fsp3) is 0.632. The first-order valence-electron chi connectivity index (χ1n) is 9.18. The summed E-state index contributed by atoms with van der Waals surface area (Å²) < 4.78 is 43.3. The SMILES string of the molecule is CCNC(=NCCN(C)CC(F)(F)F)NC1CC(C)(C)Oc2ccccc21. The van der Waals surface area contributed by atoms with Gasteiger partial charge in [-0.15, -0.1) is 0 Å². The van der Waals surface area contributed by atoms with Crippen LogP contribution >= 0.6 is 0 Å². The van der Waals surface area contributed by atoms with Crippen LogP contribution in [-0.4, -0.2) is 55.9 Å². The number of aliphatic imine (C=N–C) groups is 1. The van der Waals surface area contributed by atoms with Crippen molar-refractivity contribution in [1.29, 1.82) is 0 Å². The van der Waals surface area contributed by atoms with Crippen molar-refractivity contribution in [2.24, 2.45) is 4.99 Å². The van der Waals surface area contributed by atoms with Gasteiger partial charge in [-0.25, -0.2) is 0 Å². The number of rotatable bonds is 6. The largest absolute Gasteiger partial charge is 0.487 e. The Kier molecular flexibility index (Phi) is 6.97. The monoisotopic (exact) mass is 386 g/mol. The van der Waals surface area contributed by atoms with E-state index < -0.39 is 12.7 Å². The topological polar surface area (TPSA) is 48.9 Å². The molecule has 0 amide bonds. The van der Waals surface area contributed by atoms with Crippen molar-refractivity contribution in [1.82, 2.24) is 15.5 Å². The van der Waals surface area contributed by atoms with E-state index in [0.717, 1.165) is 17.7 Å². The first-order valence-corrected chi connectivity index (χ1v) is 9.18. The fourth-order valence-electron chi connectivity index (χ4n) is 3.13. The molecule has 0 saturated carbocycles. The molecule has 0 saturated heterocycles. The van der Waals surface area contributed by atoms with Crippen LogP contribution in [0.2, 0.25) is 0 Å². The Balaban J connectivity index is 2.05. The molecule has 8 heteroatoms. The molecule has 0 radical (unpaired) electrons. The third-order valence-electron chi connectivity index (χ3n) is 4.23. The molecule has 1 atom stereocenters. The molecule has 27 heavy (non-hydrogen) atoms. The predicted molar refractivity (Wildman–Crippen MR) is 101 cm³/mol. The average molecular weight is 386 g/mol. The maximum atomic E-state index is 12.4. The third kappa shape index (κ3) is 6.93. The van der Waals surface area contributed by atoms with E-state index in [0.29, 0.717) is 12.5 Å². The smallest absolute Gasteiger partial charge is 0.401 e. The molecule has 0 fully saturated rings. The number of alkyl halides is 3. The van der Waals surface area contributed by atoms with Crippen LogP contribution < -0.4 is 15.4 Å². The zero-order valence-electron chi connectivity index (χ0n) is 16.4. The molecule has 1 unspecified atom stereocenters. The summed E-state index contributed by atoms with van der Waals surface area (Å²) in [5.41, 5.74) is 0.729. The van der Waals surface area contributed by atoms with Gasteiger partial charge in [0.15, 0.2) is 5.96 Å². The summed E-state index contributed by atoms with van der Waals surface area (Å²) in [5.74, 6) is 1.43. The van der Waals surface area contributed by atoms with Crippen molar-refractivity contribution in [2.45, 2.75) is 45.0 Å². The van der Waals surface area contributed by atoms with Crippen molar-refractivity contribution < 1.29 is 17.9 Å². The Morgan fingerprint density at radius 2 is 2.04 bits per heavy atom. The second kappa shape index (κ2) is 8.82. The molecule has 1 aromatic carbocycles. The summed E-state index contributed by atoms with van der Waals surface area (Å²) in [6.07, 6.45) is -3.44. The van der Waals surface area contributed by atoms with E-state index >= 15 is 0 Å². The summed E-state index contributed by atoms with van der Waals surface area (Å²) in [6.45, 7) is 6.25. The van der Waals surface area contributed by atoms with Gasteiger partial charge in [0, 0.05) is 25.1 Å². The maximum Gasteiger partial charge on any atom is 0.401 e. The Hall–Kier alpha value is -1.96. The number of hydrogen-bond acceptors (Lipinski definition) is 3. The zero-order valence-corrected chi connectivity index (χ0v) is 16.4. The van der Waals surface area contributed by atoms with Gasteiger partial charge in [0.05, 0.1) is 19.1 Å². The number of ether oxygens (including phenoxy) is 1. The van der Waals surface area contributed by atoms with E-state index in [1.54, 1.807) is 0 Å². The van der Waals surface area contributed by atoms with Crippen LogP contribution in [0.15, 0.2) is 29.3 Å². The van der Waals surface area contributed by atoms with Crippen LogP contribution in [-0.2, 0) is 0 Å². The van der Waals surface area contributed by atoms with Crippen LogP contribution in [0, 0.1) is 0 Å². The van der Waals surface area contributed by atoms with Gasteiger partial charge in [0.1, 0.15) is 11.4 Å². The summed E-state index contributed by atoms with van der Waals surface area (Å²) in [5, 5.41) is 6.58. The number of guanidine groups is 1. The number of fused-ring (bicyclic) bond motifs is 1. The van der Waals surface area contributed by atoms with E-state index in [1.165, 1.54) is 11.9 Å². The van der Waals surface area contributed by atoms with Gasteiger partial charge in [-0.3, -0.25) is 9.89 Å². The number of hydrogen-bond donors (Lipinski definition) is 2. The minimum atomic E-state index is -4.20. The number of nitrogens with zero attached hydrogens (tertiary/aromatic N) is 2. The summed E-state index contributed by atoms with van der Waals surface area (Å²) in [6, 6.07) is 7.87. The Morgan fingerprint density at radius 1 is 1.33 bits per heavy atom. The molecule has 5 nitrogen and oxygen atoms in total. The van der Waals surface area contributed by atoms with Crippen molar-refractivity contribution in [3.63, 3.8) is 0 Å². The van der Waals surface area contributed by atoms with E-state index in [2.05, 4.69) is 15.6 Å². The van der Waals surface area contributed by atoms with Crippen molar-refractivity contribution in [2.75, 3.05) is 33.2 Å². The fourth-order valence-corrected chi connectivity index (χ4v) is 3.13. The minimum absolute atomic E-state index is 0.00987. The van der Waals surface area contributed by atoms with Gasteiger partial charge < -0.3 is 15.4 Å². The van der Waals surface area contributed by atoms with Crippen LogP contribution in [0.1, 0.15) is 38.8 Å². The maximum absolute atomic E-state index is 12.4. The lowest BCUT2D eigenvalue weighted by Gasteiger charge is -2.38. The number of para-hydroxylation sites is 1. The Morgan fingerprint density at radius 3 is 2.70 bits per heavy atom. The van der Waals surface area contributed by atoms with Crippen LogP contribution in [0.25, 0.3) is 0 Å². The van der Waals surface area contributed by atoms with Crippen molar-refractivity contribution in [3.05, 3.63) is 29.8 Å². The lowest BCUT2D eigenvalue weighted by molar-refractivity contribution is -0.142. The molecule has 0 bridgehead atoms. The first kappa shape index (κ1) is 21.3. The summed E-state index contributed by atoms with van der Waals surface area (Å²) >= 11 is 0. The molecule has 152 valence electrons. The Labute approximate surface area is 159 Å². The van der Waals surface area contributed by atoms with Crippen LogP contribution in [0.3, 0.4) is 0 Å². The highest BCUT2D eigenvalue weighted by Gasteiger charge is 2.34.